The number of benzene rings is 7. The normalized spacial score (nSPS) is 14.0. The SMILES string of the molecule is CC1(C)c2ccc(-c3cccc(N(c4ccccc4)c4ccccc4-c4ccccc4)c3)cc2-c2cccc(-c3ccccc3)c2C1(C)C. The van der Waals surface area contributed by atoms with Gasteiger partial charge in [-0.15, -0.1) is 0 Å². The lowest BCUT2D eigenvalue weighted by molar-refractivity contribution is 0.300. The Morgan fingerprint density at radius 1 is 0.347 bits per heavy atom. The monoisotopic (exact) mass is 631 g/mol. The molecule has 7 aromatic carbocycles. The summed E-state index contributed by atoms with van der Waals surface area (Å²) in [6, 6.07) is 64.0. The molecule has 0 heterocycles. The van der Waals surface area contributed by atoms with E-state index in [0.717, 1.165) is 17.1 Å². The zero-order valence-corrected chi connectivity index (χ0v) is 28.7. The van der Waals surface area contributed by atoms with E-state index in [2.05, 4.69) is 209 Å². The lowest BCUT2D eigenvalue weighted by atomic mass is 9.54. The molecule has 0 saturated heterocycles. The molecule has 0 aliphatic heterocycles. The van der Waals surface area contributed by atoms with E-state index < -0.39 is 0 Å². The van der Waals surface area contributed by atoms with Crippen LogP contribution in [0.3, 0.4) is 0 Å². The van der Waals surface area contributed by atoms with Gasteiger partial charge in [0.25, 0.3) is 0 Å². The van der Waals surface area contributed by atoms with Crippen molar-refractivity contribution in [3.05, 3.63) is 187 Å². The maximum Gasteiger partial charge on any atom is 0.0540 e. The minimum Gasteiger partial charge on any atom is -0.310 e. The van der Waals surface area contributed by atoms with Gasteiger partial charge in [0.1, 0.15) is 0 Å². The molecule has 0 amide bonds. The van der Waals surface area contributed by atoms with E-state index in [4.69, 9.17) is 0 Å². The Kier molecular flexibility index (Phi) is 7.57. The molecule has 0 saturated carbocycles. The van der Waals surface area contributed by atoms with Crippen LogP contribution < -0.4 is 4.90 Å². The first-order valence-electron chi connectivity index (χ1n) is 17.3. The van der Waals surface area contributed by atoms with Gasteiger partial charge in [-0.3, -0.25) is 0 Å². The Labute approximate surface area is 291 Å². The number of hydrogen-bond donors (Lipinski definition) is 0. The number of para-hydroxylation sites is 2. The van der Waals surface area contributed by atoms with E-state index in [1.54, 1.807) is 0 Å². The first-order valence-corrected chi connectivity index (χ1v) is 17.3. The first kappa shape index (κ1) is 30.7. The van der Waals surface area contributed by atoms with E-state index in [1.165, 1.54) is 55.6 Å². The molecule has 8 rings (SSSR count). The second-order valence-corrected chi connectivity index (χ2v) is 14.2. The number of hydrogen-bond acceptors (Lipinski definition) is 1. The van der Waals surface area contributed by atoms with Crippen molar-refractivity contribution >= 4 is 17.1 Å². The molecule has 0 aromatic heterocycles. The van der Waals surface area contributed by atoms with Gasteiger partial charge in [-0.2, -0.15) is 0 Å². The highest BCUT2D eigenvalue weighted by molar-refractivity contribution is 5.91. The summed E-state index contributed by atoms with van der Waals surface area (Å²) in [6.07, 6.45) is 0. The summed E-state index contributed by atoms with van der Waals surface area (Å²) >= 11 is 0. The maximum absolute atomic E-state index is 2.43. The second kappa shape index (κ2) is 12.1. The smallest absolute Gasteiger partial charge is 0.0540 e. The molecule has 49 heavy (non-hydrogen) atoms. The summed E-state index contributed by atoms with van der Waals surface area (Å²) in [5, 5.41) is 0. The van der Waals surface area contributed by atoms with Crippen LogP contribution in [0.25, 0.3) is 44.5 Å². The Bertz CT molecular complexity index is 2260. The average molecular weight is 632 g/mol. The fourth-order valence-electron chi connectivity index (χ4n) is 7.81. The molecule has 0 fully saturated rings. The highest BCUT2D eigenvalue weighted by Gasteiger charge is 2.47. The molecule has 1 heteroatoms. The van der Waals surface area contributed by atoms with Crippen molar-refractivity contribution in [3.8, 4) is 44.5 Å². The lowest BCUT2D eigenvalue weighted by Gasteiger charge is -2.49. The molecular weight excluding hydrogens is 591 g/mol. The van der Waals surface area contributed by atoms with E-state index in [0.29, 0.717) is 0 Å². The van der Waals surface area contributed by atoms with Crippen LogP contribution in [0.15, 0.2) is 176 Å². The van der Waals surface area contributed by atoms with Gasteiger partial charge in [0.2, 0.25) is 0 Å². The van der Waals surface area contributed by atoms with E-state index in [1.807, 2.05) is 0 Å². The maximum atomic E-state index is 2.43. The molecule has 0 N–H and O–H groups in total. The van der Waals surface area contributed by atoms with Crippen molar-refractivity contribution in [2.24, 2.45) is 0 Å². The predicted octanol–water partition coefficient (Wildman–Crippen LogP) is 13.4. The largest absolute Gasteiger partial charge is 0.310 e. The number of anilines is 3. The van der Waals surface area contributed by atoms with Crippen LogP contribution in [0.4, 0.5) is 17.1 Å². The van der Waals surface area contributed by atoms with E-state index in [-0.39, 0.29) is 10.8 Å². The van der Waals surface area contributed by atoms with Gasteiger partial charge in [0, 0.05) is 22.4 Å². The Balaban J connectivity index is 1.29. The van der Waals surface area contributed by atoms with Crippen LogP contribution in [-0.2, 0) is 10.8 Å². The average Bonchev–Trinajstić information content (AvgIpc) is 3.15. The minimum atomic E-state index is -0.0778. The zero-order valence-electron chi connectivity index (χ0n) is 28.7. The van der Waals surface area contributed by atoms with Gasteiger partial charge < -0.3 is 4.90 Å². The van der Waals surface area contributed by atoms with Gasteiger partial charge >= 0.3 is 0 Å². The van der Waals surface area contributed by atoms with Crippen molar-refractivity contribution < 1.29 is 0 Å². The molecule has 0 spiro atoms. The number of rotatable bonds is 6. The van der Waals surface area contributed by atoms with Crippen LogP contribution in [0.2, 0.25) is 0 Å². The summed E-state index contributed by atoms with van der Waals surface area (Å²) in [7, 11) is 0. The minimum absolute atomic E-state index is 0.0775. The Morgan fingerprint density at radius 3 is 1.57 bits per heavy atom. The third kappa shape index (κ3) is 5.18. The van der Waals surface area contributed by atoms with Gasteiger partial charge in [0.15, 0.2) is 0 Å². The molecule has 0 unspecified atom stereocenters. The topological polar surface area (TPSA) is 3.24 Å². The van der Waals surface area contributed by atoms with Crippen LogP contribution in [0.5, 0.6) is 0 Å². The second-order valence-electron chi connectivity index (χ2n) is 14.2. The van der Waals surface area contributed by atoms with Crippen LogP contribution >= 0.6 is 0 Å². The van der Waals surface area contributed by atoms with Crippen molar-refractivity contribution in [2.45, 2.75) is 38.5 Å². The van der Waals surface area contributed by atoms with E-state index >= 15 is 0 Å². The standard InChI is InChI=1S/C48H41N/c1-47(2)44-31-30-37(33-43(44)42-28-17-27-41(46(42)48(47,3)4)35-20-10-6-11-21-35)36-22-16-25-39(32-36)49(38-23-12-7-13-24-38)45-29-15-14-26-40(45)34-18-8-5-9-19-34/h5-33H,1-4H3. The van der Waals surface area contributed by atoms with Crippen LogP contribution in [-0.4, -0.2) is 0 Å². The third-order valence-electron chi connectivity index (χ3n) is 11.0. The molecule has 0 radical (unpaired) electrons. The quantitative estimate of drug-likeness (QED) is 0.176. The summed E-state index contributed by atoms with van der Waals surface area (Å²) < 4.78 is 0. The van der Waals surface area contributed by atoms with Crippen LogP contribution in [0, 0.1) is 0 Å². The van der Waals surface area contributed by atoms with Crippen molar-refractivity contribution in [1.29, 1.82) is 0 Å². The third-order valence-corrected chi connectivity index (χ3v) is 11.0. The lowest BCUT2D eigenvalue weighted by Crippen LogP contribution is -2.44. The van der Waals surface area contributed by atoms with Crippen molar-refractivity contribution in [2.75, 3.05) is 4.90 Å². The first-order chi connectivity index (χ1) is 23.8. The zero-order chi connectivity index (χ0) is 33.6. The number of fused-ring (bicyclic) bond motifs is 3. The van der Waals surface area contributed by atoms with Crippen molar-refractivity contribution in [3.63, 3.8) is 0 Å². The summed E-state index contributed by atoms with van der Waals surface area (Å²) in [5.74, 6) is 0. The summed E-state index contributed by atoms with van der Waals surface area (Å²) in [6.45, 7) is 9.67. The number of nitrogens with zero attached hydrogens (tertiary/aromatic N) is 1. The van der Waals surface area contributed by atoms with Gasteiger partial charge in [-0.25, -0.2) is 0 Å². The highest BCUT2D eigenvalue weighted by Crippen LogP contribution is 2.56. The van der Waals surface area contributed by atoms with Crippen molar-refractivity contribution in [1.82, 2.24) is 0 Å². The van der Waals surface area contributed by atoms with Gasteiger partial charge in [-0.05, 0) is 91.9 Å². The molecule has 1 aliphatic carbocycles. The fraction of sp³-hybridized carbons (Fsp3) is 0.125. The molecule has 1 aliphatic rings. The van der Waals surface area contributed by atoms with Gasteiger partial charge in [-0.1, -0.05) is 167 Å². The molecular formula is C48H41N. The fourth-order valence-corrected chi connectivity index (χ4v) is 7.81. The molecule has 238 valence electrons. The molecule has 0 bridgehead atoms. The molecule has 1 nitrogen and oxygen atoms in total. The summed E-state index contributed by atoms with van der Waals surface area (Å²) in [4.78, 5) is 2.39. The highest BCUT2D eigenvalue weighted by atomic mass is 15.1. The summed E-state index contributed by atoms with van der Waals surface area (Å²) in [5.41, 5.74) is 16.1. The van der Waals surface area contributed by atoms with E-state index in [9.17, 15) is 0 Å². The molecule has 0 atom stereocenters. The Morgan fingerprint density at radius 2 is 0.857 bits per heavy atom. The predicted molar refractivity (Wildman–Crippen MR) is 209 cm³/mol. The molecule has 7 aromatic rings. The Hall–Kier alpha value is -5.66. The van der Waals surface area contributed by atoms with Gasteiger partial charge in [0.05, 0.1) is 5.69 Å². The van der Waals surface area contributed by atoms with Crippen LogP contribution in [0.1, 0.15) is 38.8 Å².